The van der Waals surface area contributed by atoms with Gasteiger partial charge in [-0.25, -0.2) is 4.39 Å². The zero-order valence-corrected chi connectivity index (χ0v) is 10.4. The summed E-state index contributed by atoms with van der Waals surface area (Å²) < 4.78 is 18.4. The third-order valence-corrected chi connectivity index (χ3v) is 2.68. The van der Waals surface area contributed by atoms with E-state index in [1.807, 2.05) is 19.9 Å². The Kier molecular flexibility index (Phi) is 7.75. The number of nitriles is 1. The molecule has 1 N–H and O–H groups in total. The van der Waals surface area contributed by atoms with Gasteiger partial charge < -0.3 is 9.50 Å². The predicted octanol–water partition coefficient (Wildman–Crippen LogP) is 2.15. The molecule has 0 aromatic heterocycles. The average molecular weight is 234 g/mol. The van der Waals surface area contributed by atoms with Crippen LogP contribution >= 0.6 is 12.0 Å². The Bertz CT molecular complexity index is 204. The molecule has 1 aliphatic heterocycles. The maximum atomic E-state index is 13.5. The average Bonchev–Trinajstić information content (AvgIpc) is 2.20. The quantitative estimate of drug-likeness (QED) is 0.585. The summed E-state index contributed by atoms with van der Waals surface area (Å²) in [6.45, 7) is 5.29. The Hall–Kier alpha value is -0.310. The van der Waals surface area contributed by atoms with Gasteiger partial charge in [0.2, 0.25) is 0 Å². The monoisotopic (exact) mass is 234 g/mol. The van der Waals surface area contributed by atoms with E-state index in [1.54, 1.807) is 6.26 Å². The van der Waals surface area contributed by atoms with Crippen molar-refractivity contribution in [2.24, 2.45) is 5.41 Å². The maximum absolute atomic E-state index is 13.5. The van der Waals surface area contributed by atoms with Gasteiger partial charge in [0.25, 0.3) is 0 Å². The number of alkyl halides is 1. The molecule has 1 heterocycles. The van der Waals surface area contributed by atoms with Gasteiger partial charge in [0.15, 0.2) is 0 Å². The van der Waals surface area contributed by atoms with E-state index < -0.39 is 11.6 Å². The number of nitrogens with zero attached hydrogens (tertiary/aromatic N) is 1. The lowest BCUT2D eigenvalue weighted by Crippen LogP contribution is -2.58. The van der Waals surface area contributed by atoms with E-state index in [9.17, 15) is 4.39 Å². The van der Waals surface area contributed by atoms with Gasteiger partial charge in [-0.2, -0.15) is 5.26 Å². The van der Waals surface area contributed by atoms with Crippen LogP contribution in [-0.4, -0.2) is 32.1 Å². The fourth-order valence-electron chi connectivity index (χ4n) is 1.28. The summed E-state index contributed by atoms with van der Waals surface area (Å²) in [5.74, 6) is 0. The van der Waals surface area contributed by atoms with Crippen LogP contribution in [-0.2, 0) is 4.18 Å². The lowest BCUT2D eigenvalue weighted by Gasteiger charge is -2.38. The molecule has 1 aliphatic rings. The van der Waals surface area contributed by atoms with Crippen molar-refractivity contribution in [1.82, 2.24) is 5.32 Å². The molecule has 0 aliphatic carbocycles. The summed E-state index contributed by atoms with van der Waals surface area (Å²) in [4.78, 5) is 0. The largest absolute Gasteiger partial charge is 0.315 e. The summed E-state index contributed by atoms with van der Waals surface area (Å²) in [7, 11) is 0. The number of halogens is 1. The number of hydrogen-bond donors (Lipinski definition) is 1. The Morgan fingerprint density at radius 2 is 2.20 bits per heavy atom. The molecule has 1 unspecified atom stereocenters. The fraction of sp³-hybridized carbons (Fsp3) is 0.900. The summed E-state index contributed by atoms with van der Waals surface area (Å²) in [5, 5.41) is 11.7. The highest BCUT2D eigenvalue weighted by Gasteiger charge is 2.45. The minimum atomic E-state index is -1.08. The molecule has 88 valence electrons. The molecule has 1 saturated heterocycles. The van der Waals surface area contributed by atoms with Gasteiger partial charge in [-0.15, -0.1) is 0 Å². The first-order chi connectivity index (χ1) is 7.25. The summed E-state index contributed by atoms with van der Waals surface area (Å²) >= 11 is 1.22. The third kappa shape index (κ3) is 3.98. The van der Waals surface area contributed by atoms with E-state index >= 15 is 0 Å². The molecule has 0 spiro atoms. The van der Waals surface area contributed by atoms with Gasteiger partial charge >= 0.3 is 0 Å². The van der Waals surface area contributed by atoms with Crippen molar-refractivity contribution in [3.05, 3.63) is 0 Å². The normalized spacial score (nSPS) is 19.1. The van der Waals surface area contributed by atoms with Gasteiger partial charge in [0.05, 0.1) is 12.7 Å². The maximum Gasteiger partial charge on any atom is 0.123 e. The highest BCUT2D eigenvalue weighted by molar-refractivity contribution is 7.93. The van der Waals surface area contributed by atoms with Gasteiger partial charge in [-0.1, -0.05) is 13.8 Å². The summed E-state index contributed by atoms with van der Waals surface area (Å²) in [6, 6.07) is 2.04. The van der Waals surface area contributed by atoms with Gasteiger partial charge in [0, 0.05) is 25.8 Å². The Balaban J connectivity index is 0.000000921. The molecule has 15 heavy (non-hydrogen) atoms. The fourth-order valence-corrected chi connectivity index (χ4v) is 1.54. The van der Waals surface area contributed by atoms with Crippen LogP contribution in [0.4, 0.5) is 4.39 Å². The second kappa shape index (κ2) is 7.91. The molecule has 5 heteroatoms. The summed E-state index contributed by atoms with van der Waals surface area (Å²) in [5.41, 5.74) is -0.790. The lowest BCUT2D eigenvalue weighted by atomic mass is 9.77. The van der Waals surface area contributed by atoms with Crippen molar-refractivity contribution in [2.75, 3.05) is 26.0 Å². The van der Waals surface area contributed by atoms with E-state index in [2.05, 4.69) is 5.32 Å². The van der Waals surface area contributed by atoms with Crippen molar-refractivity contribution in [2.45, 2.75) is 26.4 Å². The molecule has 0 bridgehead atoms. The molecule has 1 atom stereocenters. The smallest absolute Gasteiger partial charge is 0.123 e. The lowest BCUT2D eigenvalue weighted by molar-refractivity contribution is 0.0840. The Labute approximate surface area is 95.6 Å². The number of rotatable bonds is 5. The molecular formula is C10H19FN2OS. The van der Waals surface area contributed by atoms with E-state index in [-0.39, 0.29) is 0 Å². The highest BCUT2D eigenvalue weighted by Crippen LogP contribution is 2.30. The zero-order chi connectivity index (χ0) is 11.7. The molecule has 0 radical (unpaired) electrons. The van der Waals surface area contributed by atoms with Crippen LogP contribution in [0.1, 0.15) is 20.3 Å². The Morgan fingerprint density at radius 3 is 2.53 bits per heavy atom. The van der Waals surface area contributed by atoms with Crippen LogP contribution < -0.4 is 5.32 Å². The van der Waals surface area contributed by atoms with Crippen LogP contribution in [0.5, 0.6) is 0 Å². The first-order valence-corrected chi connectivity index (χ1v) is 6.32. The minimum absolute atomic E-state index is 0.302. The molecule has 1 fully saturated rings. The van der Waals surface area contributed by atoms with Gasteiger partial charge in [0.1, 0.15) is 11.6 Å². The second-order valence-corrected chi connectivity index (χ2v) is 3.69. The predicted molar refractivity (Wildman–Crippen MR) is 61.2 cm³/mol. The van der Waals surface area contributed by atoms with Crippen molar-refractivity contribution < 1.29 is 8.57 Å². The first kappa shape index (κ1) is 14.7. The number of nitrogens with one attached hydrogen (secondary N) is 1. The minimum Gasteiger partial charge on any atom is -0.315 e. The molecule has 1 rings (SSSR count). The number of hydrogen-bond acceptors (Lipinski definition) is 4. The molecule has 3 nitrogen and oxygen atoms in total. The van der Waals surface area contributed by atoms with Crippen LogP contribution in [0, 0.1) is 16.7 Å². The van der Waals surface area contributed by atoms with Crippen molar-refractivity contribution in [3.63, 3.8) is 0 Å². The summed E-state index contributed by atoms with van der Waals surface area (Å²) in [6.07, 6.45) is 1.01. The van der Waals surface area contributed by atoms with E-state index in [0.717, 1.165) is 0 Å². The SMILES string of the molecule is CC.CSOCCC(F)C1(C#N)CNC1. The van der Waals surface area contributed by atoms with Gasteiger partial charge in [-0.05, 0) is 12.0 Å². The van der Waals surface area contributed by atoms with Crippen molar-refractivity contribution in [3.8, 4) is 6.07 Å². The second-order valence-electron chi connectivity index (χ2n) is 3.12. The highest BCUT2D eigenvalue weighted by atomic mass is 32.2. The van der Waals surface area contributed by atoms with E-state index in [1.165, 1.54) is 12.0 Å². The topological polar surface area (TPSA) is 45.0 Å². The zero-order valence-electron chi connectivity index (χ0n) is 9.55. The first-order valence-electron chi connectivity index (χ1n) is 5.17. The molecule has 0 amide bonds. The third-order valence-electron chi connectivity index (χ3n) is 2.28. The van der Waals surface area contributed by atoms with Crippen LogP contribution in [0.3, 0.4) is 0 Å². The van der Waals surface area contributed by atoms with Crippen LogP contribution in [0.2, 0.25) is 0 Å². The molecular weight excluding hydrogens is 215 g/mol. The van der Waals surface area contributed by atoms with Crippen LogP contribution in [0.25, 0.3) is 0 Å². The van der Waals surface area contributed by atoms with Crippen molar-refractivity contribution in [1.29, 1.82) is 5.26 Å². The standard InChI is InChI=1S/C8H13FN2OS.C2H6/c1-13-12-3-2-7(9)8(4-10)5-11-6-8;1-2/h7,11H,2-3,5-6H2,1H3;1-2H3. The molecule has 0 aromatic carbocycles. The van der Waals surface area contributed by atoms with E-state index in [0.29, 0.717) is 26.1 Å². The van der Waals surface area contributed by atoms with Gasteiger partial charge in [-0.3, -0.25) is 0 Å². The molecule has 0 saturated carbocycles. The van der Waals surface area contributed by atoms with E-state index in [4.69, 9.17) is 9.44 Å². The molecule has 0 aromatic rings. The van der Waals surface area contributed by atoms with Crippen LogP contribution in [0.15, 0.2) is 0 Å². The van der Waals surface area contributed by atoms with Crippen molar-refractivity contribution >= 4 is 12.0 Å². The Morgan fingerprint density at radius 1 is 1.60 bits per heavy atom.